The average Bonchev–Trinajstić information content (AvgIpc) is 3.14. The maximum atomic E-state index is 13.3. The monoisotopic (exact) mass is 495 g/mol. The normalized spacial score (nSPS) is 21.5. The second-order valence-corrected chi connectivity index (χ2v) is 9.56. The lowest BCUT2D eigenvalue weighted by atomic mass is 9.98. The number of hydrogen-bond donors (Lipinski definition) is 2. The molecular weight excluding hydrogens is 470 g/mol. The van der Waals surface area contributed by atoms with Gasteiger partial charge < -0.3 is 20.4 Å². The molecule has 1 unspecified atom stereocenters. The van der Waals surface area contributed by atoms with E-state index in [2.05, 4.69) is 10.6 Å². The van der Waals surface area contributed by atoms with Gasteiger partial charge in [0.25, 0.3) is 5.91 Å². The fourth-order valence-electron chi connectivity index (χ4n) is 5.16. The van der Waals surface area contributed by atoms with Gasteiger partial charge in [0, 0.05) is 38.2 Å². The average molecular weight is 496 g/mol. The molecule has 4 amide bonds. The fraction of sp³-hybridized carbons (Fsp3) is 0.360. The second-order valence-electron chi connectivity index (χ2n) is 9.16. The Kier molecular flexibility index (Phi) is 5.88. The molecule has 5 rings (SSSR count). The van der Waals surface area contributed by atoms with Crippen LogP contribution in [0, 0.1) is 0 Å². The molecule has 0 spiro atoms. The molecule has 2 fully saturated rings. The third kappa shape index (κ3) is 4.10. The molecule has 9 nitrogen and oxygen atoms in total. The summed E-state index contributed by atoms with van der Waals surface area (Å²) in [4.78, 5) is 55.6. The zero-order valence-electron chi connectivity index (χ0n) is 19.3. The molecule has 3 heterocycles. The Morgan fingerprint density at radius 3 is 2.71 bits per heavy atom. The van der Waals surface area contributed by atoms with Crippen molar-refractivity contribution in [1.82, 2.24) is 10.2 Å². The van der Waals surface area contributed by atoms with Gasteiger partial charge in [0.2, 0.25) is 17.7 Å². The van der Waals surface area contributed by atoms with Gasteiger partial charge in [0.05, 0.1) is 28.5 Å². The summed E-state index contributed by atoms with van der Waals surface area (Å²) >= 11 is 6.44. The number of halogens is 1. The van der Waals surface area contributed by atoms with Crippen LogP contribution in [0.25, 0.3) is 0 Å². The number of nitrogens with zero attached hydrogens (tertiary/aromatic N) is 3. The van der Waals surface area contributed by atoms with Crippen LogP contribution in [0.3, 0.4) is 0 Å². The second kappa shape index (κ2) is 8.88. The minimum atomic E-state index is -0.797. The quantitative estimate of drug-likeness (QED) is 0.664. The molecule has 0 saturated carbocycles. The fourth-order valence-corrected chi connectivity index (χ4v) is 5.46. The first-order chi connectivity index (χ1) is 16.8. The van der Waals surface area contributed by atoms with E-state index in [0.717, 1.165) is 5.69 Å². The summed E-state index contributed by atoms with van der Waals surface area (Å²) in [5, 5.41) is 6.05. The van der Waals surface area contributed by atoms with E-state index in [0.29, 0.717) is 47.9 Å². The number of hydrogen-bond acceptors (Lipinski definition) is 5. The SMILES string of the molecule is CC12CCC(=O)N1c1ccccc1C(=O)N2CCC(=O)Nc1ccc(N2CCNC(=O)C2)c(Cl)c1. The van der Waals surface area contributed by atoms with E-state index in [1.54, 1.807) is 46.2 Å². The van der Waals surface area contributed by atoms with Crippen LogP contribution in [-0.4, -0.2) is 60.4 Å². The number of para-hydroxylation sites is 1. The first-order valence-electron chi connectivity index (χ1n) is 11.6. The van der Waals surface area contributed by atoms with Crippen molar-refractivity contribution < 1.29 is 19.2 Å². The lowest BCUT2D eigenvalue weighted by molar-refractivity contribution is -0.120. The van der Waals surface area contributed by atoms with E-state index in [1.165, 1.54) is 0 Å². The topological polar surface area (TPSA) is 102 Å². The van der Waals surface area contributed by atoms with Crippen LogP contribution >= 0.6 is 11.6 Å². The van der Waals surface area contributed by atoms with E-state index in [-0.39, 0.29) is 43.1 Å². The lowest BCUT2D eigenvalue weighted by Gasteiger charge is -2.48. The van der Waals surface area contributed by atoms with E-state index < -0.39 is 5.66 Å². The van der Waals surface area contributed by atoms with Crippen molar-refractivity contribution >= 4 is 52.3 Å². The van der Waals surface area contributed by atoms with Crippen LogP contribution in [0.4, 0.5) is 17.1 Å². The molecule has 0 radical (unpaired) electrons. The third-order valence-corrected chi connectivity index (χ3v) is 7.22. The first-order valence-corrected chi connectivity index (χ1v) is 12.0. The Hall–Kier alpha value is -3.59. The number of rotatable bonds is 5. The van der Waals surface area contributed by atoms with Gasteiger partial charge in [-0.25, -0.2) is 0 Å². The van der Waals surface area contributed by atoms with Gasteiger partial charge >= 0.3 is 0 Å². The molecule has 10 heteroatoms. The molecular formula is C25H26ClN5O4. The summed E-state index contributed by atoms with van der Waals surface area (Å²) in [5.74, 6) is -0.532. The smallest absolute Gasteiger partial charge is 0.257 e. The number of carbonyl (C=O) groups excluding carboxylic acids is 4. The molecule has 3 aliphatic heterocycles. The van der Waals surface area contributed by atoms with E-state index in [1.807, 2.05) is 17.9 Å². The van der Waals surface area contributed by atoms with Crippen molar-refractivity contribution in [3.8, 4) is 0 Å². The number of amides is 4. The Morgan fingerprint density at radius 1 is 1.14 bits per heavy atom. The van der Waals surface area contributed by atoms with Crippen LogP contribution < -0.4 is 20.4 Å². The Morgan fingerprint density at radius 2 is 1.94 bits per heavy atom. The summed E-state index contributed by atoms with van der Waals surface area (Å²) in [6.07, 6.45) is 0.931. The standard InChI is InChI=1S/C25H26ClN5O4/c1-25-10-8-23(34)31(25)19-5-3-2-4-17(19)24(35)30(25)12-9-21(32)28-16-6-7-20(18(26)14-16)29-13-11-27-22(33)15-29/h2-7,14H,8-13,15H2,1H3,(H,27,33)(H,28,32). The maximum Gasteiger partial charge on any atom is 0.257 e. The highest BCUT2D eigenvalue weighted by atomic mass is 35.5. The van der Waals surface area contributed by atoms with Gasteiger partial charge in [0.1, 0.15) is 5.66 Å². The molecule has 0 bridgehead atoms. The predicted octanol–water partition coefficient (Wildman–Crippen LogP) is 2.60. The number of benzene rings is 2. The number of fused-ring (bicyclic) bond motifs is 3. The lowest BCUT2D eigenvalue weighted by Crippen LogP contribution is -2.62. The van der Waals surface area contributed by atoms with Crippen molar-refractivity contribution in [2.75, 3.05) is 41.3 Å². The van der Waals surface area contributed by atoms with E-state index in [9.17, 15) is 19.2 Å². The van der Waals surface area contributed by atoms with Crippen LogP contribution in [0.5, 0.6) is 0 Å². The summed E-state index contributed by atoms with van der Waals surface area (Å²) in [5.41, 5.74) is 1.56. The van der Waals surface area contributed by atoms with Crippen molar-refractivity contribution in [2.24, 2.45) is 0 Å². The van der Waals surface area contributed by atoms with E-state index >= 15 is 0 Å². The van der Waals surface area contributed by atoms with Crippen molar-refractivity contribution in [3.05, 3.63) is 53.1 Å². The minimum Gasteiger partial charge on any atom is -0.359 e. The van der Waals surface area contributed by atoms with Crippen molar-refractivity contribution in [2.45, 2.75) is 31.8 Å². The van der Waals surface area contributed by atoms with Crippen LogP contribution in [0.1, 0.15) is 36.5 Å². The molecule has 182 valence electrons. The molecule has 1 atom stereocenters. The highest BCUT2D eigenvalue weighted by Gasteiger charge is 2.52. The zero-order valence-corrected chi connectivity index (χ0v) is 20.1. The molecule has 2 saturated heterocycles. The van der Waals surface area contributed by atoms with Crippen LogP contribution in [0.2, 0.25) is 5.02 Å². The Balaban J connectivity index is 1.27. The highest BCUT2D eigenvalue weighted by molar-refractivity contribution is 6.33. The molecule has 35 heavy (non-hydrogen) atoms. The molecule has 2 N–H and O–H groups in total. The number of carbonyl (C=O) groups is 4. The van der Waals surface area contributed by atoms with Gasteiger partial charge in [-0.2, -0.15) is 0 Å². The van der Waals surface area contributed by atoms with Crippen LogP contribution in [-0.2, 0) is 14.4 Å². The highest BCUT2D eigenvalue weighted by Crippen LogP contribution is 2.44. The van der Waals surface area contributed by atoms with Crippen LogP contribution in [0.15, 0.2) is 42.5 Å². The largest absolute Gasteiger partial charge is 0.359 e. The van der Waals surface area contributed by atoms with Crippen molar-refractivity contribution in [3.63, 3.8) is 0 Å². The Bertz CT molecular complexity index is 1230. The molecule has 2 aromatic carbocycles. The minimum absolute atomic E-state index is 0.0252. The number of nitrogens with one attached hydrogen (secondary N) is 2. The molecule has 0 aromatic heterocycles. The Labute approximate surface area is 208 Å². The van der Waals surface area contributed by atoms with Gasteiger partial charge in [0.15, 0.2) is 0 Å². The number of piperazine rings is 1. The molecule has 3 aliphatic rings. The van der Waals surface area contributed by atoms with Gasteiger partial charge in [-0.15, -0.1) is 0 Å². The number of anilines is 3. The van der Waals surface area contributed by atoms with Gasteiger partial charge in [-0.3, -0.25) is 24.1 Å². The summed E-state index contributed by atoms with van der Waals surface area (Å²) in [7, 11) is 0. The first kappa shape index (κ1) is 23.2. The maximum absolute atomic E-state index is 13.3. The van der Waals surface area contributed by atoms with E-state index in [4.69, 9.17) is 11.6 Å². The summed E-state index contributed by atoms with van der Waals surface area (Å²) in [6, 6.07) is 12.3. The molecule has 2 aromatic rings. The third-order valence-electron chi connectivity index (χ3n) is 6.92. The van der Waals surface area contributed by atoms with Crippen molar-refractivity contribution in [1.29, 1.82) is 0 Å². The van der Waals surface area contributed by atoms with Gasteiger partial charge in [-0.05, 0) is 43.7 Å². The summed E-state index contributed by atoms with van der Waals surface area (Å²) in [6.45, 7) is 3.49. The van der Waals surface area contributed by atoms with Gasteiger partial charge in [-0.1, -0.05) is 23.7 Å². The summed E-state index contributed by atoms with van der Waals surface area (Å²) < 4.78 is 0. The zero-order chi connectivity index (χ0) is 24.7. The predicted molar refractivity (Wildman–Crippen MR) is 133 cm³/mol. The molecule has 0 aliphatic carbocycles.